The number of rotatable bonds is 2. The number of nitrogens with one attached hydrogen (secondary N) is 1. The van der Waals surface area contributed by atoms with Crippen LogP contribution in [0.5, 0.6) is 0 Å². The summed E-state index contributed by atoms with van der Waals surface area (Å²) in [5.74, 6) is 1.44. The molecule has 1 saturated heterocycles. The molecule has 16 heavy (non-hydrogen) atoms. The molecular weight excluding hydrogens is 200 g/mol. The van der Waals surface area contributed by atoms with Gasteiger partial charge in [0.05, 0.1) is 0 Å². The molecule has 1 saturated carbocycles. The van der Waals surface area contributed by atoms with Gasteiger partial charge in [-0.1, -0.05) is 13.3 Å². The molecule has 1 aliphatic heterocycles. The average molecular weight is 224 g/mol. The molecule has 0 aromatic rings. The van der Waals surface area contributed by atoms with Crippen LogP contribution < -0.4 is 0 Å². The molecule has 2 unspecified atom stereocenters. The maximum atomic E-state index is 8.42. The summed E-state index contributed by atoms with van der Waals surface area (Å²) in [6, 6.07) is 0. The lowest BCUT2D eigenvalue weighted by atomic mass is 9.77. The number of hydrogen-bond acceptors (Lipinski definition) is 2. The molecule has 0 spiro atoms. The zero-order valence-electron chi connectivity index (χ0n) is 10.6. The summed E-state index contributed by atoms with van der Waals surface area (Å²) in [6.45, 7) is 4.39. The first-order valence-corrected chi connectivity index (χ1v) is 6.57. The fourth-order valence-corrected chi connectivity index (χ4v) is 3.23. The van der Waals surface area contributed by atoms with E-state index in [2.05, 4.69) is 11.8 Å². The molecule has 3 heteroatoms. The molecule has 0 amide bonds. The minimum atomic E-state index is -0.276. The Morgan fingerprint density at radius 2 is 2.00 bits per heavy atom. The summed E-state index contributed by atoms with van der Waals surface area (Å²) in [5, 5.41) is 8.42. The van der Waals surface area contributed by atoms with Crippen molar-refractivity contribution in [2.24, 2.45) is 5.92 Å². The summed E-state index contributed by atoms with van der Waals surface area (Å²) < 4.78 is 5.76. The zero-order chi connectivity index (χ0) is 11.6. The summed E-state index contributed by atoms with van der Waals surface area (Å²) in [4.78, 5) is 2.22. The number of nitrogens with zero attached hydrogens (tertiary/aromatic N) is 1. The maximum absolute atomic E-state index is 8.42. The first-order valence-electron chi connectivity index (χ1n) is 6.57. The summed E-state index contributed by atoms with van der Waals surface area (Å²) in [5.41, 5.74) is -0.276. The van der Waals surface area contributed by atoms with Crippen molar-refractivity contribution in [2.75, 3.05) is 20.2 Å². The zero-order valence-corrected chi connectivity index (χ0v) is 10.6. The van der Waals surface area contributed by atoms with Crippen molar-refractivity contribution in [3.05, 3.63) is 0 Å². The van der Waals surface area contributed by atoms with E-state index in [1.807, 2.05) is 0 Å². The molecule has 1 N–H and O–H groups in total. The van der Waals surface area contributed by atoms with E-state index in [1.165, 1.54) is 25.7 Å². The lowest BCUT2D eigenvalue weighted by Gasteiger charge is -2.42. The number of hydrogen-bond donors (Lipinski definition) is 1. The Balaban J connectivity index is 2.09. The van der Waals surface area contributed by atoms with Crippen molar-refractivity contribution in [3.63, 3.8) is 0 Å². The first kappa shape index (κ1) is 11.9. The van der Waals surface area contributed by atoms with Crippen LogP contribution in [0.2, 0.25) is 0 Å². The van der Waals surface area contributed by atoms with Crippen LogP contribution in [0.15, 0.2) is 0 Å². The van der Waals surface area contributed by atoms with Crippen LogP contribution in [0.1, 0.15) is 45.4 Å². The standard InChI is InChI=1S/C13H24N2O/c1-11-6-5-7-13(10-11,16-2)12(14)15-8-3-4-9-15/h11,14H,3-10H2,1-2H3. The van der Waals surface area contributed by atoms with Crippen LogP contribution in [0.25, 0.3) is 0 Å². The van der Waals surface area contributed by atoms with E-state index >= 15 is 0 Å². The van der Waals surface area contributed by atoms with Crippen LogP contribution in [0.3, 0.4) is 0 Å². The number of methoxy groups -OCH3 is 1. The molecule has 2 fully saturated rings. The minimum absolute atomic E-state index is 0.276. The predicted octanol–water partition coefficient (Wildman–Crippen LogP) is 2.65. The van der Waals surface area contributed by atoms with E-state index in [0.717, 1.165) is 31.8 Å². The van der Waals surface area contributed by atoms with Crippen molar-refractivity contribution in [2.45, 2.75) is 51.0 Å². The highest BCUT2D eigenvalue weighted by Crippen LogP contribution is 2.36. The van der Waals surface area contributed by atoms with Gasteiger partial charge in [-0.05, 0) is 38.0 Å². The Morgan fingerprint density at radius 1 is 1.31 bits per heavy atom. The van der Waals surface area contributed by atoms with Gasteiger partial charge in [0.1, 0.15) is 11.4 Å². The number of likely N-dealkylation sites (tertiary alicyclic amines) is 1. The van der Waals surface area contributed by atoms with Crippen LogP contribution in [0, 0.1) is 11.3 Å². The Morgan fingerprint density at radius 3 is 2.56 bits per heavy atom. The SMILES string of the molecule is COC1(C(=N)N2CCCC2)CCCC(C)C1. The van der Waals surface area contributed by atoms with Crippen LogP contribution in [-0.4, -0.2) is 36.5 Å². The van der Waals surface area contributed by atoms with Crippen LogP contribution >= 0.6 is 0 Å². The molecule has 0 aromatic heterocycles. The fourth-order valence-electron chi connectivity index (χ4n) is 3.23. The summed E-state index contributed by atoms with van der Waals surface area (Å²) >= 11 is 0. The van der Waals surface area contributed by atoms with Gasteiger partial charge in [-0.3, -0.25) is 5.41 Å². The molecule has 92 valence electrons. The fraction of sp³-hybridized carbons (Fsp3) is 0.923. The largest absolute Gasteiger partial charge is 0.370 e. The molecule has 0 radical (unpaired) electrons. The molecule has 0 aromatic carbocycles. The van der Waals surface area contributed by atoms with Crippen molar-refractivity contribution in [3.8, 4) is 0 Å². The molecule has 0 bridgehead atoms. The molecular formula is C13H24N2O. The Labute approximate surface area is 98.7 Å². The topological polar surface area (TPSA) is 36.3 Å². The molecule has 2 atom stereocenters. The Kier molecular flexibility index (Phi) is 3.53. The van der Waals surface area contributed by atoms with Crippen LogP contribution in [0.4, 0.5) is 0 Å². The third-order valence-electron chi connectivity index (χ3n) is 4.20. The van der Waals surface area contributed by atoms with E-state index in [9.17, 15) is 0 Å². The molecule has 1 aliphatic carbocycles. The third kappa shape index (κ3) is 2.10. The lowest BCUT2D eigenvalue weighted by molar-refractivity contribution is -0.00511. The van der Waals surface area contributed by atoms with Gasteiger partial charge in [-0.25, -0.2) is 0 Å². The molecule has 2 aliphatic rings. The highest BCUT2D eigenvalue weighted by atomic mass is 16.5. The van der Waals surface area contributed by atoms with Gasteiger partial charge in [0.2, 0.25) is 0 Å². The molecule has 2 rings (SSSR count). The molecule has 3 nitrogen and oxygen atoms in total. The van der Waals surface area contributed by atoms with Gasteiger partial charge in [-0.2, -0.15) is 0 Å². The number of ether oxygens (including phenoxy) is 1. The summed E-state index contributed by atoms with van der Waals surface area (Å²) in [6.07, 6.45) is 7.01. The van der Waals surface area contributed by atoms with Gasteiger partial charge in [0.15, 0.2) is 0 Å². The summed E-state index contributed by atoms with van der Waals surface area (Å²) in [7, 11) is 1.78. The van der Waals surface area contributed by atoms with E-state index < -0.39 is 0 Å². The second-order valence-electron chi connectivity index (χ2n) is 5.44. The minimum Gasteiger partial charge on any atom is -0.370 e. The van der Waals surface area contributed by atoms with Gasteiger partial charge >= 0.3 is 0 Å². The van der Waals surface area contributed by atoms with Gasteiger partial charge < -0.3 is 9.64 Å². The van der Waals surface area contributed by atoms with Gasteiger partial charge in [-0.15, -0.1) is 0 Å². The van der Waals surface area contributed by atoms with Gasteiger partial charge in [0, 0.05) is 20.2 Å². The second kappa shape index (κ2) is 4.74. The Bertz CT molecular complexity index is 261. The normalized spacial score (nSPS) is 35.4. The third-order valence-corrected chi connectivity index (χ3v) is 4.20. The monoisotopic (exact) mass is 224 g/mol. The number of amidine groups is 1. The Hall–Kier alpha value is -0.570. The van der Waals surface area contributed by atoms with E-state index in [1.54, 1.807) is 7.11 Å². The highest BCUT2D eigenvalue weighted by molar-refractivity contribution is 5.88. The van der Waals surface area contributed by atoms with Crippen LogP contribution in [-0.2, 0) is 4.74 Å². The average Bonchev–Trinajstić information content (AvgIpc) is 2.81. The quantitative estimate of drug-likeness (QED) is 0.578. The highest BCUT2D eigenvalue weighted by Gasteiger charge is 2.41. The van der Waals surface area contributed by atoms with Crippen molar-refractivity contribution in [1.29, 1.82) is 5.41 Å². The van der Waals surface area contributed by atoms with Crippen molar-refractivity contribution in [1.82, 2.24) is 4.90 Å². The van der Waals surface area contributed by atoms with E-state index in [4.69, 9.17) is 10.1 Å². The van der Waals surface area contributed by atoms with E-state index in [0.29, 0.717) is 5.92 Å². The molecule has 1 heterocycles. The smallest absolute Gasteiger partial charge is 0.129 e. The lowest BCUT2D eigenvalue weighted by Crippen LogP contribution is -2.51. The van der Waals surface area contributed by atoms with Crippen molar-refractivity contribution >= 4 is 5.84 Å². The van der Waals surface area contributed by atoms with Crippen molar-refractivity contribution < 1.29 is 4.74 Å². The second-order valence-corrected chi connectivity index (χ2v) is 5.44. The predicted molar refractivity (Wildman–Crippen MR) is 65.9 cm³/mol. The first-order chi connectivity index (χ1) is 7.68. The van der Waals surface area contributed by atoms with E-state index in [-0.39, 0.29) is 5.60 Å². The van der Waals surface area contributed by atoms with Gasteiger partial charge in [0.25, 0.3) is 0 Å². The maximum Gasteiger partial charge on any atom is 0.129 e.